The van der Waals surface area contributed by atoms with Crippen molar-refractivity contribution in [2.75, 3.05) is 58.5 Å². The number of rotatable bonds is 9. The average molecular weight is 572 g/mol. The SMILES string of the molecule is COCCN(CC1CC1)S(=O)(=O)c1ccc2c(c1)C1(CCN(C(C)=O)C1)CN2c1nc2ccc(OC)nc2s1. The predicted molar refractivity (Wildman–Crippen MR) is 149 cm³/mol. The molecule has 1 atom stereocenters. The van der Waals surface area contributed by atoms with Gasteiger partial charge in [-0.15, -0.1) is 0 Å². The Balaban J connectivity index is 1.41. The van der Waals surface area contributed by atoms with E-state index >= 15 is 0 Å². The van der Waals surface area contributed by atoms with E-state index in [9.17, 15) is 13.2 Å². The lowest BCUT2D eigenvalue weighted by atomic mass is 9.81. The Kier molecular flexibility index (Phi) is 6.77. The Hall–Kier alpha value is -2.80. The second-order valence-electron chi connectivity index (χ2n) is 10.7. The van der Waals surface area contributed by atoms with Gasteiger partial charge in [0, 0.05) is 63.9 Å². The monoisotopic (exact) mass is 571 g/mol. The van der Waals surface area contributed by atoms with E-state index in [2.05, 4.69) is 9.88 Å². The van der Waals surface area contributed by atoms with Gasteiger partial charge in [0.2, 0.25) is 21.8 Å². The number of thiazole rings is 1. The van der Waals surface area contributed by atoms with Crippen LogP contribution in [-0.2, 0) is 25.0 Å². The molecule has 1 spiro atoms. The summed E-state index contributed by atoms with van der Waals surface area (Å²) in [4.78, 5) is 26.8. The van der Waals surface area contributed by atoms with Crippen LogP contribution >= 0.6 is 11.3 Å². The summed E-state index contributed by atoms with van der Waals surface area (Å²) in [5, 5.41) is 0.788. The third-order valence-corrected chi connectivity index (χ3v) is 10.9. The molecule has 208 valence electrons. The molecule has 1 amide bonds. The molecule has 1 unspecified atom stereocenters. The molecule has 1 aliphatic carbocycles. The van der Waals surface area contributed by atoms with Crippen LogP contribution in [0.4, 0.5) is 10.8 Å². The second-order valence-corrected chi connectivity index (χ2v) is 13.6. The van der Waals surface area contributed by atoms with Crippen LogP contribution in [0.1, 0.15) is 31.7 Å². The summed E-state index contributed by atoms with van der Waals surface area (Å²) in [6.45, 7) is 4.57. The van der Waals surface area contributed by atoms with Crippen molar-refractivity contribution in [2.24, 2.45) is 5.92 Å². The Morgan fingerprint density at radius 3 is 2.69 bits per heavy atom. The average Bonchev–Trinajstić information content (AvgIpc) is 3.35. The zero-order valence-electron chi connectivity index (χ0n) is 22.4. The lowest BCUT2D eigenvalue weighted by Crippen LogP contribution is -2.37. The molecule has 2 fully saturated rings. The molecule has 1 saturated heterocycles. The van der Waals surface area contributed by atoms with Crippen molar-refractivity contribution in [1.82, 2.24) is 19.2 Å². The number of nitrogens with zero attached hydrogens (tertiary/aromatic N) is 5. The number of carbonyl (C=O) groups is 1. The van der Waals surface area contributed by atoms with Crippen molar-refractivity contribution >= 4 is 48.4 Å². The number of ether oxygens (including phenoxy) is 2. The largest absolute Gasteiger partial charge is 0.481 e. The highest BCUT2D eigenvalue weighted by atomic mass is 32.2. The number of methoxy groups -OCH3 is 2. The van der Waals surface area contributed by atoms with Crippen molar-refractivity contribution in [3.05, 3.63) is 35.9 Å². The van der Waals surface area contributed by atoms with E-state index in [0.29, 0.717) is 51.1 Å². The van der Waals surface area contributed by atoms with Crippen LogP contribution in [0.5, 0.6) is 5.88 Å². The minimum absolute atomic E-state index is 0.0297. The first kappa shape index (κ1) is 26.4. The fraction of sp³-hybridized carbons (Fsp3) is 0.519. The van der Waals surface area contributed by atoms with Gasteiger partial charge in [-0.05, 0) is 55.0 Å². The summed E-state index contributed by atoms with van der Waals surface area (Å²) in [6.07, 6.45) is 2.88. The van der Waals surface area contributed by atoms with Gasteiger partial charge in [-0.2, -0.15) is 4.31 Å². The molecule has 2 aliphatic heterocycles. The molecule has 0 bridgehead atoms. The number of pyridine rings is 1. The zero-order chi connectivity index (χ0) is 27.4. The van der Waals surface area contributed by atoms with Gasteiger partial charge in [0.05, 0.1) is 18.6 Å². The Morgan fingerprint density at radius 2 is 2.00 bits per heavy atom. The second kappa shape index (κ2) is 9.99. The van der Waals surface area contributed by atoms with Crippen LogP contribution in [0.2, 0.25) is 0 Å². The third-order valence-electron chi connectivity index (χ3n) is 8.09. The van der Waals surface area contributed by atoms with Crippen LogP contribution in [-0.4, -0.2) is 87.0 Å². The molecular weight excluding hydrogens is 538 g/mol. The highest BCUT2D eigenvalue weighted by Crippen LogP contribution is 2.51. The number of anilines is 2. The van der Waals surface area contributed by atoms with Crippen molar-refractivity contribution in [2.45, 2.75) is 36.5 Å². The Morgan fingerprint density at radius 1 is 1.18 bits per heavy atom. The van der Waals surface area contributed by atoms with Gasteiger partial charge in [0.1, 0.15) is 10.3 Å². The van der Waals surface area contributed by atoms with E-state index in [0.717, 1.165) is 46.0 Å². The molecular formula is C27H33N5O5S2. The van der Waals surface area contributed by atoms with E-state index in [4.69, 9.17) is 14.5 Å². The predicted octanol–water partition coefficient (Wildman–Crippen LogP) is 3.39. The molecule has 2 aromatic heterocycles. The fourth-order valence-electron chi connectivity index (χ4n) is 5.73. The molecule has 3 aliphatic rings. The standard InChI is InChI=1S/C27H33N5O5S2/c1-18(33)30-11-10-27(16-30)17-32(26-28-22-7-9-24(37-3)29-25(22)38-26)23-8-6-20(14-21(23)27)39(34,35)31(12-13-36-2)15-19-4-5-19/h6-9,14,19H,4-5,10-13,15-17H2,1-3H3. The van der Waals surface area contributed by atoms with Crippen LogP contribution in [0, 0.1) is 5.92 Å². The summed E-state index contributed by atoms with van der Waals surface area (Å²) >= 11 is 1.48. The van der Waals surface area contributed by atoms with Crippen molar-refractivity contribution in [3.8, 4) is 5.88 Å². The number of likely N-dealkylation sites (tertiary alicyclic amines) is 1. The number of benzene rings is 1. The van der Waals surface area contributed by atoms with Gasteiger partial charge in [0.25, 0.3) is 0 Å². The first-order chi connectivity index (χ1) is 18.7. The first-order valence-electron chi connectivity index (χ1n) is 13.2. The molecule has 0 radical (unpaired) electrons. The minimum atomic E-state index is -3.72. The van der Waals surface area contributed by atoms with E-state index in [1.807, 2.05) is 23.1 Å². The van der Waals surface area contributed by atoms with Crippen molar-refractivity contribution < 1.29 is 22.7 Å². The molecule has 10 nitrogen and oxygen atoms in total. The van der Waals surface area contributed by atoms with Gasteiger partial charge < -0.3 is 19.3 Å². The topological polar surface area (TPSA) is 105 Å². The molecule has 4 heterocycles. The van der Waals surface area contributed by atoms with E-state index < -0.39 is 10.0 Å². The molecule has 39 heavy (non-hydrogen) atoms. The van der Waals surface area contributed by atoms with Crippen LogP contribution in [0.15, 0.2) is 35.2 Å². The van der Waals surface area contributed by atoms with Crippen LogP contribution in [0.3, 0.4) is 0 Å². The first-order valence-corrected chi connectivity index (χ1v) is 15.5. The Labute approximate surface area is 232 Å². The number of hydrogen-bond donors (Lipinski definition) is 0. The number of sulfonamides is 1. The summed E-state index contributed by atoms with van der Waals surface area (Å²) in [5.74, 6) is 0.975. The number of fused-ring (bicyclic) bond motifs is 3. The smallest absolute Gasteiger partial charge is 0.243 e. The maximum absolute atomic E-state index is 13.9. The Bertz CT molecular complexity index is 1520. The summed E-state index contributed by atoms with van der Waals surface area (Å²) in [7, 11) is -0.544. The number of amides is 1. The lowest BCUT2D eigenvalue weighted by molar-refractivity contribution is -0.127. The molecule has 1 saturated carbocycles. The van der Waals surface area contributed by atoms with E-state index in [-0.39, 0.29) is 16.2 Å². The number of hydrogen-bond acceptors (Lipinski definition) is 9. The highest BCUT2D eigenvalue weighted by molar-refractivity contribution is 7.89. The normalized spacial score (nSPS) is 20.9. The van der Waals surface area contributed by atoms with Gasteiger partial charge in [0.15, 0.2) is 5.13 Å². The van der Waals surface area contributed by atoms with Gasteiger partial charge >= 0.3 is 0 Å². The maximum atomic E-state index is 13.9. The van der Waals surface area contributed by atoms with Gasteiger partial charge in [-0.1, -0.05) is 11.3 Å². The van der Waals surface area contributed by atoms with Crippen LogP contribution in [0.25, 0.3) is 10.3 Å². The summed E-state index contributed by atoms with van der Waals surface area (Å²) < 4.78 is 39.8. The zero-order valence-corrected chi connectivity index (χ0v) is 24.1. The number of aromatic nitrogens is 2. The molecule has 12 heteroatoms. The van der Waals surface area contributed by atoms with Crippen molar-refractivity contribution in [3.63, 3.8) is 0 Å². The van der Waals surface area contributed by atoms with Crippen molar-refractivity contribution in [1.29, 1.82) is 0 Å². The lowest BCUT2D eigenvalue weighted by Gasteiger charge is -2.26. The number of carbonyl (C=O) groups excluding carboxylic acids is 1. The molecule has 0 N–H and O–H groups in total. The quantitative estimate of drug-likeness (QED) is 0.385. The highest BCUT2D eigenvalue weighted by Gasteiger charge is 2.49. The third kappa shape index (κ3) is 4.77. The maximum Gasteiger partial charge on any atom is 0.243 e. The molecule has 3 aromatic rings. The molecule has 6 rings (SSSR count). The minimum Gasteiger partial charge on any atom is -0.481 e. The summed E-state index contributed by atoms with van der Waals surface area (Å²) in [5.41, 5.74) is 2.28. The van der Waals surface area contributed by atoms with Gasteiger partial charge in [-0.3, -0.25) is 4.79 Å². The van der Waals surface area contributed by atoms with E-state index in [1.54, 1.807) is 37.6 Å². The molecule has 1 aromatic carbocycles. The van der Waals surface area contributed by atoms with E-state index in [1.165, 1.54) is 11.3 Å². The fourth-order valence-corrected chi connectivity index (χ4v) is 8.20. The van der Waals surface area contributed by atoms with Gasteiger partial charge in [-0.25, -0.2) is 18.4 Å². The van der Waals surface area contributed by atoms with Crippen LogP contribution < -0.4 is 9.64 Å². The summed E-state index contributed by atoms with van der Waals surface area (Å²) in [6, 6.07) is 9.14.